The van der Waals surface area contributed by atoms with Crippen LogP contribution < -0.4 is 9.64 Å². The van der Waals surface area contributed by atoms with Crippen LogP contribution in [0.1, 0.15) is 12.8 Å². The number of benzene rings is 1. The standard InChI is InChI=1S/C12H18BrNO/c1-14(10-4-3-9-13)11-5-7-12(15-2)8-6-11/h5-8H,3-4,9-10H2,1-2H3. The number of unbranched alkanes of at least 4 members (excludes halogenated alkanes) is 1. The van der Waals surface area contributed by atoms with E-state index in [0.717, 1.165) is 17.6 Å². The van der Waals surface area contributed by atoms with Crippen LogP contribution in [-0.2, 0) is 0 Å². The van der Waals surface area contributed by atoms with Crippen molar-refractivity contribution in [2.45, 2.75) is 12.8 Å². The summed E-state index contributed by atoms with van der Waals surface area (Å²) in [5.41, 5.74) is 1.24. The molecule has 0 spiro atoms. The van der Waals surface area contributed by atoms with E-state index in [1.165, 1.54) is 18.5 Å². The SMILES string of the molecule is COc1ccc(N(C)CCCCBr)cc1. The van der Waals surface area contributed by atoms with Gasteiger partial charge >= 0.3 is 0 Å². The van der Waals surface area contributed by atoms with Crippen LogP contribution in [0.2, 0.25) is 0 Å². The van der Waals surface area contributed by atoms with Gasteiger partial charge in [0.25, 0.3) is 0 Å². The molecule has 0 fully saturated rings. The molecule has 1 rings (SSSR count). The number of rotatable bonds is 6. The van der Waals surface area contributed by atoms with E-state index in [2.05, 4.69) is 40.0 Å². The summed E-state index contributed by atoms with van der Waals surface area (Å²) in [4.78, 5) is 2.27. The lowest BCUT2D eigenvalue weighted by Gasteiger charge is -2.19. The van der Waals surface area contributed by atoms with Crippen molar-refractivity contribution in [3.63, 3.8) is 0 Å². The Morgan fingerprint density at radius 2 is 1.87 bits per heavy atom. The first-order valence-corrected chi connectivity index (χ1v) is 6.31. The van der Waals surface area contributed by atoms with Crippen molar-refractivity contribution in [3.05, 3.63) is 24.3 Å². The van der Waals surface area contributed by atoms with Gasteiger partial charge in [0.15, 0.2) is 0 Å². The van der Waals surface area contributed by atoms with Crippen molar-refractivity contribution in [1.82, 2.24) is 0 Å². The molecule has 3 heteroatoms. The average molecular weight is 272 g/mol. The van der Waals surface area contributed by atoms with Crippen LogP contribution in [0.15, 0.2) is 24.3 Å². The minimum Gasteiger partial charge on any atom is -0.497 e. The maximum atomic E-state index is 5.12. The Balaban J connectivity index is 2.46. The second kappa shape index (κ2) is 6.72. The molecule has 0 aliphatic rings. The molecule has 1 aromatic carbocycles. The molecule has 0 radical (unpaired) electrons. The third-order valence-electron chi connectivity index (χ3n) is 2.39. The van der Waals surface area contributed by atoms with Crippen LogP contribution in [0, 0.1) is 0 Å². The first-order valence-electron chi connectivity index (χ1n) is 5.19. The minimum atomic E-state index is 0.910. The van der Waals surface area contributed by atoms with Crippen LogP contribution in [0.4, 0.5) is 5.69 Å². The summed E-state index contributed by atoms with van der Waals surface area (Å²) in [7, 11) is 3.81. The second-order valence-corrected chi connectivity index (χ2v) is 4.31. The normalized spacial score (nSPS) is 10.1. The molecule has 84 valence electrons. The molecule has 0 atom stereocenters. The van der Waals surface area contributed by atoms with Gasteiger partial charge in [0, 0.05) is 24.6 Å². The molecule has 0 N–H and O–H groups in total. The fraction of sp³-hybridized carbons (Fsp3) is 0.500. The van der Waals surface area contributed by atoms with E-state index >= 15 is 0 Å². The molecule has 1 aromatic rings. The maximum Gasteiger partial charge on any atom is 0.119 e. The molecule has 0 bridgehead atoms. The Bertz CT molecular complexity index is 273. The third-order valence-corrected chi connectivity index (χ3v) is 2.95. The number of hydrogen-bond donors (Lipinski definition) is 0. The fourth-order valence-electron chi connectivity index (χ4n) is 1.41. The molecule has 0 heterocycles. The zero-order valence-corrected chi connectivity index (χ0v) is 11.0. The molecule has 0 saturated heterocycles. The highest BCUT2D eigenvalue weighted by Crippen LogP contribution is 2.18. The van der Waals surface area contributed by atoms with E-state index in [0.29, 0.717) is 0 Å². The van der Waals surface area contributed by atoms with Gasteiger partial charge < -0.3 is 9.64 Å². The van der Waals surface area contributed by atoms with Crippen LogP contribution in [0.3, 0.4) is 0 Å². The van der Waals surface area contributed by atoms with Crippen molar-refractivity contribution in [2.75, 3.05) is 30.9 Å². The summed E-state index contributed by atoms with van der Waals surface area (Å²) in [6, 6.07) is 8.17. The maximum absolute atomic E-state index is 5.12. The van der Waals surface area contributed by atoms with Crippen molar-refractivity contribution in [2.24, 2.45) is 0 Å². The van der Waals surface area contributed by atoms with Gasteiger partial charge in [0.05, 0.1) is 7.11 Å². The van der Waals surface area contributed by atoms with E-state index in [1.807, 2.05) is 12.1 Å². The smallest absolute Gasteiger partial charge is 0.119 e. The zero-order valence-electron chi connectivity index (χ0n) is 9.37. The lowest BCUT2D eigenvalue weighted by atomic mass is 10.2. The summed E-state index contributed by atoms with van der Waals surface area (Å²) in [5, 5.41) is 1.09. The second-order valence-electron chi connectivity index (χ2n) is 3.52. The molecule has 0 saturated carbocycles. The van der Waals surface area contributed by atoms with E-state index in [-0.39, 0.29) is 0 Å². The Hall–Kier alpha value is -0.700. The molecule has 15 heavy (non-hydrogen) atoms. The predicted octanol–water partition coefficient (Wildman–Crippen LogP) is 3.31. The van der Waals surface area contributed by atoms with Crippen molar-refractivity contribution in [3.8, 4) is 5.75 Å². The molecule has 2 nitrogen and oxygen atoms in total. The number of anilines is 1. The van der Waals surface area contributed by atoms with E-state index < -0.39 is 0 Å². The summed E-state index contributed by atoms with van der Waals surface area (Å²) < 4.78 is 5.12. The van der Waals surface area contributed by atoms with Gasteiger partial charge in [0.1, 0.15) is 5.75 Å². The average Bonchev–Trinajstić information content (AvgIpc) is 2.29. The van der Waals surface area contributed by atoms with Crippen molar-refractivity contribution < 1.29 is 4.74 Å². The molecular weight excluding hydrogens is 254 g/mol. The van der Waals surface area contributed by atoms with Gasteiger partial charge in [-0.25, -0.2) is 0 Å². The van der Waals surface area contributed by atoms with Gasteiger partial charge in [-0.15, -0.1) is 0 Å². The highest BCUT2D eigenvalue weighted by Gasteiger charge is 2.00. The molecule has 0 unspecified atom stereocenters. The van der Waals surface area contributed by atoms with Gasteiger partial charge in [-0.2, -0.15) is 0 Å². The number of ether oxygens (including phenoxy) is 1. The Morgan fingerprint density at radius 3 is 2.40 bits per heavy atom. The van der Waals surface area contributed by atoms with Crippen LogP contribution >= 0.6 is 15.9 Å². The summed E-state index contributed by atoms with van der Waals surface area (Å²) in [5.74, 6) is 0.910. The van der Waals surface area contributed by atoms with E-state index in [1.54, 1.807) is 7.11 Å². The summed E-state index contributed by atoms with van der Waals surface area (Å²) in [6.07, 6.45) is 2.44. The highest BCUT2D eigenvalue weighted by atomic mass is 79.9. The Morgan fingerprint density at radius 1 is 1.20 bits per heavy atom. The van der Waals surface area contributed by atoms with Crippen molar-refractivity contribution in [1.29, 1.82) is 0 Å². The van der Waals surface area contributed by atoms with Gasteiger partial charge in [-0.3, -0.25) is 0 Å². The van der Waals surface area contributed by atoms with Gasteiger partial charge in [-0.1, -0.05) is 15.9 Å². The lowest BCUT2D eigenvalue weighted by Crippen LogP contribution is -2.18. The number of nitrogens with zero attached hydrogens (tertiary/aromatic N) is 1. The quantitative estimate of drug-likeness (QED) is 0.582. The van der Waals surface area contributed by atoms with Crippen LogP contribution in [0.25, 0.3) is 0 Å². The first-order chi connectivity index (χ1) is 7.27. The molecule has 0 amide bonds. The fourth-order valence-corrected chi connectivity index (χ4v) is 1.81. The van der Waals surface area contributed by atoms with E-state index in [4.69, 9.17) is 4.74 Å². The van der Waals surface area contributed by atoms with Gasteiger partial charge in [-0.05, 0) is 37.1 Å². The monoisotopic (exact) mass is 271 g/mol. The van der Waals surface area contributed by atoms with E-state index in [9.17, 15) is 0 Å². The topological polar surface area (TPSA) is 12.5 Å². The highest BCUT2D eigenvalue weighted by molar-refractivity contribution is 9.09. The Kier molecular flexibility index (Phi) is 5.54. The number of alkyl halides is 1. The van der Waals surface area contributed by atoms with Gasteiger partial charge in [0.2, 0.25) is 0 Å². The molecule has 0 aliphatic heterocycles. The lowest BCUT2D eigenvalue weighted by molar-refractivity contribution is 0.415. The molecule has 0 aliphatic carbocycles. The Labute approximate surface area is 100 Å². The van der Waals surface area contributed by atoms with Crippen LogP contribution in [-0.4, -0.2) is 26.0 Å². The number of hydrogen-bond acceptors (Lipinski definition) is 2. The minimum absolute atomic E-state index is 0.910. The van der Waals surface area contributed by atoms with Crippen molar-refractivity contribution >= 4 is 21.6 Å². The van der Waals surface area contributed by atoms with Crippen LogP contribution in [0.5, 0.6) is 5.75 Å². The molecular formula is C12H18BrNO. The summed E-state index contributed by atoms with van der Waals surface area (Å²) >= 11 is 3.44. The largest absolute Gasteiger partial charge is 0.497 e. The zero-order chi connectivity index (χ0) is 11.1. The number of halogens is 1. The predicted molar refractivity (Wildman–Crippen MR) is 69.3 cm³/mol. The number of methoxy groups -OCH3 is 1. The molecule has 0 aromatic heterocycles. The third kappa shape index (κ3) is 4.12. The summed E-state index contributed by atoms with van der Waals surface area (Å²) in [6.45, 7) is 1.10. The first kappa shape index (κ1) is 12.4.